The van der Waals surface area contributed by atoms with E-state index in [0.29, 0.717) is 0 Å². The van der Waals surface area contributed by atoms with E-state index < -0.39 is 61.1 Å². The van der Waals surface area contributed by atoms with Gasteiger partial charge in [-0.25, -0.2) is 4.79 Å². The Morgan fingerprint density at radius 1 is 1.00 bits per heavy atom. The molecule has 0 aliphatic rings. The maximum absolute atomic E-state index is 11.0. The van der Waals surface area contributed by atoms with Crippen molar-refractivity contribution in [3.8, 4) is 0 Å². The van der Waals surface area contributed by atoms with Crippen LogP contribution in [0.2, 0.25) is 0 Å². The molecule has 0 fully saturated rings. The molecule has 5 atom stereocenters. The third-order valence-electron chi connectivity index (χ3n) is 2.72. The number of nitrogens with one attached hydrogen (secondary N) is 1. The molecular formula is C11H19NO9. The fourth-order valence-corrected chi connectivity index (χ4v) is 1.60. The fourth-order valence-electron chi connectivity index (χ4n) is 1.60. The van der Waals surface area contributed by atoms with Gasteiger partial charge in [0.05, 0.1) is 18.8 Å². The Morgan fingerprint density at radius 3 is 1.90 bits per heavy atom. The lowest BCUT2D eigenvalue weighted by Crippen LogP contribution is -2.57. The zero-order chi connectivity index (χ0) is 16.7. The molecule has 10 nitrogen and oxygen atoms in total. The molecule has 0 aromatic heterocycles. The number of carbonyl (C=O) groups is 3. The quantitative estimate of drug-likeness (QED) is 0.208. The maximum atomic E-state index is 11.0. The molecule has 122 valence electrons. The summed E-state index contributed by atoms with van der Waals surface area (Å²) in [6, 6.07) is -1.61. The van der Waals surface area contributed by atoms with Crippen molar-refractivity contribution in [2.75, 3.05) is 6.61 Å². The summed E-state index contributed by atoms with van der Waals surface area (Å²) in [7, 11) is 0. The van der Waals surface area contributed by atoms with Crippen LogP contribution in [0.3, 0.4) is 0 Å². The Labute approximate surface area is 119 Å². The Morgan fingerprint density at radius 2 is 1.52 bits per heavy atom. The summed E-state index contributed by atoms with van der Waals surface area (Å²) in [4.78, 5) is 32.4. The van der Waals surface area contributed by atoms with E-state index in [1.807, 2.05) is 5.32 Å². The van der Waals surface area contributed by atoms with Gasteiger partial charge < -0.3 is 36.0 Å². The van der Waals surface area contributed by atoms with Gasteiger partial charge in [-0.2, -0.15) is 0 Å². The van der Waals surface area contributed by atoms with Gasteiger partial charge in [0.25, 0.3) is 0 Å². The molecule has 0 aromatic carbocycles. The Hall–Kier alpha value is -1.59. The molecule has 21 heavy (non-hydrogen) atoms. The first-order chi connectivity index (χ1) is 9.61. The van der Waals surface area contributed by atoms with E-state index in [1.165, 1.54) is 0 Å². The molecule has 0 spiro atoms. The largest absolute Gasteiger partial charge is 0.475 e. The van der Waals surface area contributed by atoms with Crippen LogP contribution in [-0.2, 0) is 14.4 Å². The van der Waals surface area contributed by atoms with E-state index in [9.17, 15) is 34.8 Å². The first kappa shape index (κ1) is 19.4. The predicted octanol–water partition coefficient (Wildman–Crippen LogP) is -4.03. The molecule has 0 saturated heterocycles. The summed E-state index contributed by atoms with van der Waals surface area (Å²) in [5.74, 6) is -3.89. The minimum Gasteiger partial charge on any atom is -0.475 e. The van der Waals surface area contributed by atoms with Crippen LogP contribution in [0.15, 0.2) is 0 Å². The molecule has 5 unspecified atom stereocenters. The predicted molar refractivity (Wildman–Crippen MR) is 66.0 cm³/mol. The average Bonchev–Trinajstić information content (AvgIpc) is 2.41. The van der Waals surface area contributed by atoms with Crippen molar-refractivity contribution in [1.82, 2.24) is 5.32 Å². The van der Waals surface area contributed by atoms with Crippen molar-refractivity contribution in [1.29, 1.82) is 0 Å². The van der Waals surface area contributed by atoms with Crippen LogP contribution in [-0.4, -0.2) is 85.4 Å². The highest BCUT2D eigenvalue weighted by Gasteiger charge is 2.37. The number of aliphatic hydroxyl groups excluding tert-OH is 5. The van der Waals surface area contributed by atoms with Crippen LogP contribution in [0.25, 0.3) is 0 Å². The molecular weight excluding hydrogens is 290 g/mol. The summed E-state index contributed by atoms with van der Waals surface area (Å²) in [5, 5.41) is 57.4. The van der Waals surface area contributed by atoms with E-state index in [1.54, 1.807) is 0 Å². The molecule has 7 N–H and O–H groups in total. The van der Waals surface area contributed by atoms with Gasteiger partial charge in [0, 0.05) is 13.3 Å². The summed E-state index contributed by atoms with van der Waals surface area (Å²) >= 11 is 0. The van der Waals surface area contributed by atoms with Gasteiger partial charge in [-0.1, -0.05) is 0 Å². The standard InChI is InChI=1S/C11H19NO9/c1-4(14)12-8(5(15)2-6(16)11(20)21)10(19)9(18)7(17)3-13/h5,7-10,13,15,17-19H,2-3H2,1H3,(H,12,14)(H,20,21). The fraction of sp³-hybridized carbons (Fsp3) is 0.727. The number of hydrogen-bond acceptors (Lipinski definition) is 8. The van der Waals surface area contributed by atoms with Gasteiger partial charge in [-0.15, -0.1) is 0 Å². The molecule has 0 radical (unpaired) electrons. The van der Waals surface area contributed by atoms with Gasteiger partial charge in [0.2, 0.25) is 11.7 Å². The van der Waals surface area contributed by atoms with Crippen molar-refractivity contribution in [2.24, 2.45) is 0 Å². The normalized spacial score (nSPS) is 18.2. The number of rotatable bonds is 9. The van der Waals surface area contributed by atoms with Crippen molar-refractivity contribution in [3.05, 3.63) is 0 Å². The molecule has 0 saturated carbocycles. The summed E-state index contributed by atoms with van der Waals surface area (Å²) in [6.45, 7) is 0.134. The molecule has 1 amide bonds. The third kappa shape index (κ3) is 6.14. The van der Waals surface area contributed by atoms with Crippen LogP contribution in [0, 0.1) is 0 Å². The van der Waals surface area contributed by atoms with Gasteiger partial charge in [-0.3, -0.25) is 9.59 Å². The summed E-state index contributed by atoms with van der Waals surface area (Å²) in [5.41, 5.74) is 0. The van der Waals surface area contributed by atoms with Crippen LogP contribution < -0.4 is 5.32 Å². The van der Waals surface area contributed by atoms with Crippen molar-refractivity contribution < 1.29 is 45.0 Å². The van der Waals surface area contributed by atoms with Crippen LogP contribution in [0.4, 0.5) is 0 Å². The second-order valence-electron chi connectivity index (χ2n) is 4.46. The lowest BCUT2D eigenvalue weighted by molar-refractivity contribution is -0.151. The summed E-state index contributed by atoms with van der Waals surface area (Å²) in [6.07, 6.45) is -8.35. The van der Waals surface area contributed by atoms with E-state index in [2.05, 4.69) is 0 Å². The van der Waals surface area contributed by atoms with E-state index in [-0.39, 0.29) is 0 Å². The first-order valence-corrected chi connectivity index (χ1v) is 5.98. The second-order valence-corrected chi connectivity index (χ2v) is 4.46. The zero-order valence-corrected chi connectivity index (χ0v) is 11.2. The molecule has 0 heterocycles. The smallest absolute Gasteiger partial charge is 0.372 e. The number of ketones is 1. The highest BCUT2D eigenvalue weighted by atomic mass is 16.4. The number of hydrogen-bond donors (Lipinski definition) is 7. The number of carboxylic acids is 1. The lowest BCUT2D eigenvalue weighted by atomic mass is 9.94. The average molecular weight is 309 g/mol. The van der Waals surface area contributed by atoms with Crippen molar-refractivity contribution >= 4 is 17.7 Å². The van der Waals surface area contributed by atoms with Gasteiger partial charge in [-0.05, 0) is 0 Å². The number of aliphatic carboxylic acids is 1. The van der Waals surface area contributed by atoms with E-state index in [4.69, 9.17) is 10.2 Å². The number of carbonyl (C=O) groups excluding carboxylic acids is 2. The maximum Gasteiger partial charge on any atom is 0.372 e. The lowest BCUT2D eigenvalue weighted by Gasteiger charge is -2.32. The molecule has 0 rings (SSSR count). The SMILES string of the molecule is CC(=O)NC(C(O)CC(=O)C(=O)O)C(O)C(O)C(O)CO. The second kappa shape index (κ2) is 8.64. The Kier molecular flexibility index (Phi) is 7.99. The van der Waals surface area contributed by atoms with E-state index in [0.717, 1.165) is 6.92 Å². The third-order valence-corrected chi connectivity index (χ3v) is 2.72. The molecule has 0 aliphatic heterocycles. The van der Waals surface area contributed by atoms with Crippen molar-refractivity contribution in [2.45, 2.75) is 43.8 Å². The molecule has 0 aromatic rings. The Balaban J connectivity index is 5.04. The minimum absolute atomic E-state index is 0.730. The first-order valence-electron chi connectivity index (χ1n) is 5.98. The van der Waals surface area contributed by atoms with Gasteiger partial charge in [0.1, 0.15) is 18.3 Å². The highest BCUT2D eigenvalue weighted by molar-refractivity contribution is 6.32. The number of Topliss-reactive ketones (excluding diaryl/α,β-unsaturated/α-hetero) is 1. The molecule has 0 aliphatic carbocycles. The molecule has 10 heteroatoms. The Bertz CT molecular complexity index is 386. The van der Waals surface area contributed by atoms with Gasteiger partial charge in [0.15, 0.2) is 0 Å². The molecule has 0 bridgehead atoms. The zero-order valence-electron chi connectivity index (χ0n) is 11.2. The minimum atomic E-state index is -1.94. The number of amides is 1. The topological polar surface area (TPSA) is 185 Å². The van der Waals surface area contributed by atoms with Crippen LogP contribution >= 0.6 is 0 Å². The highest BCUT2D eigenvalue weighted by Crippen LogP contribution is 2.11. The summed E-state index contributed by atoms with van der Waals surface area (Å²) < 4.78 is 0. The van der Waals surface area contributed by atoms with E-state index >= 15 is 0 Å². The van der Waals surface area contributed by atoms with Gasteiger partial charge >= 0.3 is 5.97 Å². The number of aliphatic hydroxyl groups is 5. The monoisotopic (exact) mass is 309 g/mol. The van der Waals surface area contributed by atoms with Crippen LogP contribution in [0.5, 0.6) is 0 Å². The van der Waals surface area contributed by atoms with Crippen molar-refractivity contribution in [3.63, 3.8) is 0 Å². The number of carboxylic acid groups (broad SMARTS) is 1. The van der Waals surface area contributed by atoms with Crippen LogP contribution in [0.1, 0.15) is 13.3 Å².